The maximum absolute atomic E-state index is 10.3. The molecule has 0 atom stereocenters. The predicted octanol–water partition coefficient (Wildman–Crippen LogP) is 3.52. The SMILES string of the molecule is C1=CC[C]([V+][C]2=CC=CC2)=C1.[O-]c1ccccc1. The largest absolute Gasteiger partial charge is 0.872 e. The molecule has 1 nitrogen and oxygen atoms in total. The third kappa shape index (κ3) is 4.44. The fraction of sp³-hybridized carbons (Fsp3) is 0.125. The predicted molar refractivity (Wildman–Crippen MR) is 69.6 cm³/mol. The summed E-state index contributed by atoms with van der Waals surface area (Å²) in [6, 6.07) is 8.33. The van der Waals surface area contributed by atoms with Gasteiger partial charge < -0.3 is 5.11 Å². The Kier molecular flexibility index (Phi) is 5.13. The maximum Gasteiger partial charge on any atom is -0.0623 e. The third-order valence-electron chi connectivity index (χ3n) is 2.53. The third-order valence-corrected chi connectivity index (χ3v) is 4.47. The monoisotopic (exact) mass is 274 g/mol. The second kappa shape index (κ2) is 7.10. The van der Waals surface area contributed by atoms with Crippen molar-refractivity contribution in [1.29, 1.82) is 0 Å². The van der Waals surface area contributed by atoms with E-state index in [0.29, 0.717) is 16.3 Å². The number of para-hydroxylation sites is 1. The number of hydrogen-bond donors (Lipinski definition) is 0. The molecular formula is C16H15OV. The first-order valence-corrected chi connectivity index (χ1v) is 7.39. The molecule has 2 heteroatoms. The summed E-state index contributed by atoms with van der Waals surface area (Å²) in [5, 5.41) is 10.3. The normalized spacial score (nSPS) is 15.8. The Balaban J connectivity index is 0.000000149. The van der Waals surface area contributed by atoms with Crippen LogP contribution in [-0.2, 0) is 16.3 Å². The minimum atomic E-state index is 0.0718. The Morgan fingerprint density at radius 2 is 1.39 bits per heavy atom. The van der Waals surface area contributed by atoms with Gasteiger partial charge in [0.25, 0.3) is 0 Å². The summed E-state index contributed by atoms with van der Waals surface area (Å²) in [5.74, 6) is 0.0718. The van der Waals surface area contributed by atoms with E-state index in [1.165, 1.54) is 25.0 Å². The van der Waals surface area contributed by atoms with Crippen LogP contribution in [-0.4, -0.2) is 0 Å². The average Bonchev–Trinajstić information content (AvgIpc) is 3.05. The first kappa shape index (κ1) is 13.0. The van der Waals surface area contributed by atoms with E-state index in [1.807, 2.05) is 6.07 Å². The van der Waals surface area contributed by atoms with Crippen molar-refractivity contribution in [2.75, 3.05) is 0 Å². The zero-order valence-corrected chi connectivity index (χ0v) is 11.5. The van der Waals surface area contributed by atoms with Crippen molar-refractivity contribution < 1.29 is 21.4 Å². The summed E-state index contributed by atoms with van der Waals surface area (Å²) < 4.78 is 3.30. The van der Waals surface area contributed by atoms with Crippen molar-refractivity contribution in [1.82, 2.24) is 0 Å². The molecule has 3 rings (SSSR count). The molecule has 1 aromatic carbocycles. The van der Waals surface area contributed by atoms with Gasteiger partial charge in [0, 0.05) is 0 Å². The molecule has 2 aliphatic rings. The molecule has 0 heterocycles. The van der Waals surface area contributed by atoms with Crippen molar-refractivity contribution >= 4 is 0 Å². The molecule has 0 amide bonds. The molecule has 1 aromatic rings. The van der Waals surface area contributed by atoms with Gasteiger partial charge in [-0.15, -0.1) is 5.75 Å². The second-order valence-corrected chi connectivity index (χ2v) is 6.15. The van der Waals surface area contributed by atoms with Crippen LogP contribution in [0.15, 0.2) is 75.4 Å². The fourth-order valence-electron chi connectivity index (χ4n) is 1.64. The van der Waals surface area contributed by atoms with Crippen LogP contribution < -0.4 is 5.11 Å². The molecular weight excluding hydrogens is 259 g/mol. The first-order chi connectivity index (χ1) is 8.84. The molecule has 0 radical (unpaired) electrons. The first-order valence-electron chi connectivity index (χ1n) is 6.00. The number of benzene rings is 1. The van der Waals surface area contributed by atoms with Gasteiger partial charge in [-0.25, -0.2) is 0 Å². The van der Waals surface area contributed by atoms with Crippen LogP contribution in [0.5, 0.6) is 5.75 Å². The van der Waals surface area contributed by atoms with Crippen molar-refractivity contribution in [2.24, 2.45) is 0 Å². The number of rotatable bonds is 2. The van der Waals surface area contributed by atoms with Crippen LogP contribution in [0.2, 0.25) is 0 Å². The van der Waals surface area contributed by atoms with E-state index >= 15 is 0 Å². The van der Waals surface area contributed by atoms with E-state index in [2.05, 4.69) is 36.5 Å². The van der Waals surface area contributed by atoms with Gasteiger partial charge in [0.15, 0.2) is 0 Å². The van der Waals surface area contributed by atoms with Gasteiger partial charge in [0.05, 0.1) is 0 Å². The molecule has 2 aliphatic carbocycles. The van der Waals surface area contributed by atoms with Gasteiger partial charge in [-0.3, -0.25) is 0 Å². The van der Waals surface area contributed by atoms with Crippen LogP contribution in [0, 0.1) is 0 Å². The van der Waals surface area contributed by atoms with Gasteiger partial charge in [-0.2, -0.15) is 0 Å². The minimum absolute atomic E-state index is 0.0718. The zero-order valence-electron chi connectivity index (χ0n) is 10.1. The molecule has 0 saturated heterocycles. The molecule has 0 spiro atoms. The fourth-order valence-corrected chi connectivity index (χ4v) is 3.33. The Morgan fingerprint density at radius 1 is 0.833 bits per heavy atom. The van der Waals surface area contributed by atoms with E-state index in [-0.39, 0.29) is 5.75 Å². The summed E-state index contributed by atoms with van der Waals surface area (Å²) in [6.07, 6.45) is 15.8. The molecule has 90 valence electrons. The summed E-state index contributed by atoms with van der Waals surface area (Å²) in [5.41, 5.74) is 0. The molecule has 0 saturated carbocycles. The smallest absolute Gasteiger partial charge is 0.0623 e. The van der Waals surface area contributed by atoms with Crippen LogP contribution in [0.1, 0.15) is 12.8 Å². The van der Waals surface area contributed by atoms with E-state index in [0.717, 1.165) is 0 Å². The molecule has 0 N–H and O–H groups in total. The van der Waals surface area contributed by atoms with Gasteiger partial charge in [-0.1, -0.05) is 30.3 Å². The van der Waals surface area contributed by atoms with Gasteiger partial charge in [0.2, 0.25) is 0 Å². The molecule has 0 bridgehead atoms. The molecule has 0 fully saturated rings. The Bertz CT molecular complexity index is 467. The summed E-state index contributed by atoms with van der Waals surface area (Å²) in [6.45, 7) is 0. The zero-order chi connectivity index (χ0) is 12.6. The summed E-state index contributed by atoms with van der Waals surface area (Å²) in [4.78, 5) is 0. The minimum Gasteiger partial charge on any atom is -0.872 e. The van der Waals surface area contributed by atoms with Gasteiger partial charge >= 0.3 is 74.2 Å². The van der Waals surface area contributed by atoms with E-state index < -0.39 is 0 Å². The van der Waals surface area contributed by atoms with Crippen molar-refractivity contribution in [3.8, 4) is 5.75 Å². The topological polar surface area (TPSA) is 23.1 Å². The summed E-state index contributed by atoms with van der Waals surface area (Å²) in [7, 11) is 0. The molecule has 18 heavy (non-hydrogen) atoms. The average molecular weight is 274 g/mol. The van der Waals surface area contributed by atoms with Crippen molar-refractivity contribution in [3.05, 3.63) is 75.4 Å². The number of allylic oxidation sites excluding steroid dienone is 8. The van der Waals surface area contributed by atoms with Crippen molar-refractivity contribution in [3.63, 3.8) is 0 Å². The standard InChI is InChI=1S/C6H6O.2C5H5.V/c7-6-4-2-1-3-5-6;2*1-2-4-5-3-1;/h1-5,7H;2*1-3H,4H2;/q;;;+1/p-1. The van der Waals surface area contributed by atoms with Crippen LogP contribution >= 0.6 is 0 Å². The number of hydrogen-bond acceptors (Lipinski definition) is 1. The van der Waals surface area contributed by atoms with E-state index in [1.54, 1.807) is 20.7 Å². The Labute approximate surface area is 115 Å². The van der Waals surface area contributed by atoms with Gasteiger partial charge in [0.1, 0.15) is 0 Å². The Hall–Kier alpha value is -1.44. The Morgan fingerprint density at radius 3 is 1.72 bits per heavy atom. The molecule has 0 unspecified atom stereocenters. The van der Waals surface area contributed by atoms with Crippen LogP contribution in [0.25, 0.3) is 0 Å². The van der Waals surface area contributed by atoms with Crippen LogP contribution in [0.4, 0.5) is 0 Å². The molecule has 0 aromatic heterocycles. The quantitative estimate of drug-likeness (QED) is 0.809. The second-order valence-electron chi connectivity index (χ2n) is 4.01. The molecule has 0 aliphatic heterocycles. The van der Waals surface area contributed by atoms with E-state index in [9.17, 15) is 5.11 Å². The van der Waals surface area contributed by atoms with Gasteiger partial charge in [-0.05, 0) is 0 Å². The van der Waals surface area contributed by atoms with Crippen LogP contribution in [0.3, 0.4) is 0 Å². The summed E-state index contributed by atoms with van der Waals surface area (Å²) >= 11 is 0.358. The van der Waals surface area contributed by atoms with E-state index in [4.69, 9.17) is 0 Å². The maximum atomic E-state index is 10.3. The van der Waals surface area contributed by atoms with Crippen molar-refractivity contribution in [2.45, 2.75) is 12.8 Å².